The van der Waals surface area contributed by atoms with Gasteiger partial charge >= 0.3 is 0 Å². The number of nitrogens with two attached hydrogens (primary N) is 1. The number of imidazole rings is 1. The Morgan fingerprint density at radius 1 is 1.62 bits per heavy atom. The van der Waals surface area contributed by atoms with E-state index in [0.29, 0.717) is 5.75 Å². The normalized spacial score (nSPS) is 10.6. The minimum absolute atomic E-state index is 0.142. The molecule has 0 saturated carbocycles. The lowest BCUT2D eigenvalue weighted by Gasteiger charge is -1.96. The van der Waals surface area contributed by atoms with Crippen LogP contribution in [0.5, 0.6) is 5.75 Å². The number of H-pyrrole nitrogens is 1. The number of hydrogen-bond donors (Lipinski definition) is 3. The highest BCUT2D eigenvalue weighted by Crippen LogP contribution is 2.22. The molecule has 16 heavy (non-hydrogen) atoms. The maximum Gasteiger partial charge on any atom is 0.166 e. The van der Waals surface area contributed by atoms with Crippen LogP contribution < -0.4 is 10.5 Å². The molecule has 0 radical (unpaired) electrons. The highest BCUT2D eigenvalue weighted by Gasteiger charge is 2.04. The first-order valence-electron chi connectivity index (χ1n) is 4.68. The highest BCUT2D eigenvalue weighted by atomic mass is 32.2. The molecule has 0 aliphatic carbocycles. The lowest BCUT2D eigenvalue weighted by atomic mass is 10.3. The number of amidine groups is 1. The Bertz CT molecular complexity index is 523. The molecular weight excluding hydrogens is 224 g/mol. The molecule has 0 amide bonds. The van der Waals surface area contributed by atoms with Gasteiger partial charge in [-0.05, 0) is 12.1 Å². The SMILES string of the molecule is COc1ccc2nc(SCC(=N)N)[nH]c2c1. The monoisotopic (exact) mass is 236 g/mol. The molecule has 1 aromatic heterocycles. The van der Waals surface area contributed by atoms with Gasteiger partial charge in [-0.25, -0.2) is 4.98 Å². The third-order valence-electron chi connectivity index (χ3n) is 2.03. The van der Waals surface area contributed by atoms with E-state index in [9.17, 15) is 0 Å². The Labute approximate surface area is 96.9 Å². The minimum Gasteiger partial charge on any atom is -0.497 e. The average molecular weight is 236 g/mol. The van der Waals surface area contributed by atoms with E-state index in [0.717, 1.165) is 21.9 Å². The van der Waals surface area contributed by atoms with E-state index in [1.807, 2.05) is 18.2 Å². The molecule has 0 unspecified atom stereocenters. The topological polar surface area (TPSA) is 87.8 Å². The molecule has 1 heterocycles. The maximum atomic E-state index is 7.14. The van der Waals surface area contributed by atoms with E-state index < -0.39 is 0 Å². The summed E-state index contributed by atoms with van der Waals surface area (Å²) < 4.78 is 5.12. The van der Waals surface area contributed by atoms with E-state index in [4.69, 9.17) is 15.9 Å². The van der Waals surface area contributed by atoms with Crippen molar-refractivity contribution in [3.05, 3.63) is 18.2 Å². The lowest BCUT2D eigenvalue weighted by Crippen LogP contribution is -2.12. The first-order chi connectivity index (χ1) is 7.69. The summed E-state index contributed by atoms with van der Waals surface area (Å²) in [5.74, 6) is 1.37. The standard InChI is InChI=1S/C10H12N4OS/c1-15-6-2-3-7-8(4-6)14-10(13-7)16-5-9(11)12/h2-4H,5H2,1H3,(H3,11,12)(H,13,14). The molecule has 2 rings (SSSR count). The van der Waals surface area contributed by atoms with Crippen LogP contribution in [0.3, 0.4) is 0 Å². The number of fused-ring (bicyclic) bond motifs is 1. The van der Waals surface area contributed by atoms with Crippen LogP contribution in [0.2, 0.25) is 0 Å². The van der Waals surface area contributed by atoms with Crippen molar-refractivity contribution in [3.63, 3.8) is 0 Å². The Balaban J connectivity index is 2.25. The van der Waals surface area contributed by atoms with Gasteiger partial charge in [-0.15, -0.1) is 0 Å². The molecule has 5 nitrogen and oxygen atoms in total. The van der Waals surface area contributed by atoms with Gasteiger partial charge < -0.3 is 15.5 Å². The summed E-state index contributed by atoms with van der Waals surface area (Å²) in [7, 11) is 1.63. The summed E-state index contributed by atoms with van der Waals surface area (Å²) in [5.41, 5.74) is 7.08. The molecular formula is C10H12N4OS. The van der Waals surface area contributed by atoms with E-state index >= 15 is 0 Å². The first-order valence-corrected chi connectivity index (χ1v) is 5.67. The van der Waals surface area contributed by atoms with Gasteiger partial charge in [0.25, 0.3) is 0 Å². The van der Waals surface area contributed by atoms with Crippen molar-refractivity contribution in [2.45, 2.75) is 5.16 Å². The van der Waals surface area contributed by atoms with Crippen molar-refractivity contribution in [1.29, 1.82) is 5.41 Å². The van der Waals surface area contributed by atoms with Gasteiger partial charge in [-0.3, -0.25) is 5.41 Å². The largest absolute Gasteiger partial charge is 0.497 e. The molecule has 84 valence electrons. The second-order valence-corrected chi connectivity index (χ2v) is 4.20. The van der Waals surface area contributed by atoms with Gasteiger partial charge in [0.1, 0.15) is 11.6 Å². The van der Waals surface area contributed by atoms with Crippen molar-refractivity contribution < 1.29 is 4.74 Å². The summed E-state index contributed by atoms with van der Waals surface area (Å²) in [5, 5.41) is 7.90. The Kier molecular flexibility index (Phi) is 3.00. The number of rotatable bonds is 4. The van der Waals surface area contributed by atoms with Crippen molar-refractivity contribution >= 4 is 28.6 Å². The van der Waals surface area contributed by atoms with Crippen LogP contribution in [0, 0.1) is 5.41 Å². The van der Waals surface area contributed by atoms with Crippen LogP contribution >= 0.6 is 11.8 Å². The summed E-state index contributed by atoms with van der Waals surface area (Å²) in [4.78, 5) is 7.50. The van der Waals surface area contributed by atoms with Crippen molar-refractivity contribution in [2.75, 3.05) is 12.9 Å². The number of thioether (sulfide) groups is 1. The molecule has 0 bridgehead atoms. The molecule has 4 N–H and O–H groups in total. The molecule has 2 aromatic rings. The minimum atomic E-state index is 0.142. The quantitative estimate of drug-likeness (QED) is 0.427. The van der Waals surface area contributed by atoms with Crippen molar-refractivity contribution in [3.8, 4) is 5.75 Å². The fourth-order valence-corrected chi connectivity index (χ4v) is 1.94. The molecule has 0 aliphatic rings. The van der Waals surface area contributed by atoms with Crippen LogP contribution in [0.15, 0.2) is 23.4 Å². The number of benzene rings is 1. The molecule has 0 saturated heterocycles. The number of hydrogen-bond acceptors (Lipinski definition) is 4. The smallest absolute Gasteiger partial charge is 0.166 e. The lowest BCUT2D eigenvalue weighted by molar-refractivity contribution is 0.415. The zero-order valence-corrected chi connectivity index (χ0v) is 9.60. The van der Waals surface area contributed by atoms with Gasteiger partial charge in [0.05, 0.1) is 23.9 Å². The molecule has 0 spiro atoms. The van der Waals surface area contributed by atoms with E-state index in [-0.39, 0.29) is 5.84 Å². The van der Waals surface area contributed by atoms with Crippen molar-refractivity contribution in [1.82, 2.24) is 9.97 Å². The van der Waals surface area contributed by atoms with Crippen LogP contribution in [0.25, 0.3) is 11.0 Å². The van der Waals surface area contributed by atoms with Gasteiger partial charge in [0.2, 0.25) is 0 Å². The first kappa shape index (κ1) is 10.8. The number of aromatic nitrogens is 2. The molecule has 0 atom stereocenters. The van der Waals surface area contributed by atoms with Crippen molar-refractivity contribution in [2.24, 2.45) is 5.73 Å². The van der Waals surface area contributed by atoms with Gasteiger partial charge in [0.15, 0.2) is 5.16 Å². The zero-order chi connectivity index (χ0) is 11.5. The number of nitrogens with zero attached hydrogens (tertiary/aromatic N) is 1. The molecule has 0 aliphatic heterocycles. The Morgan fingerprint density at radius 3 is 3.12 bits per heavy atom. The second kappa shape index (κ2) is 4.44. The maximum absolute atomic E-state index is 7.14. The molecule has 0 fully saturated rings. The predicted octanol–water partition coefficient (Wildman–Crippen LogP) is 1.60. The summed E-state index contributed by atoms with van der Waals surface area (Å²) in [6, 6.07) is 5.64. The number of aromatic amines is 1. The summed E-state index contributed by atoms with van der Waals surface area (Å²) >= 11 is 1.41. The number of nitrogens with one attached hydrogen (secondary N) is 2. The van der Waals surface area contributed by atoms with Gasteiger partial charge in [0, 0.05) is 6.07 Å². The van der Waals surface area contributed by atoms with Crippen LogP contribution in [0.1, 0.15) is 0 Å². The number of ether oxygens (including phenoxy) is 1. The zero-order valence-electron chi connectivity index (χ0n) is 8.78. The summed E-state index contributed by atoms with van der Waals surface area (Å²) in [6.45, 7) is 0. The van der Waals surface area contributed by atoms with E-state index in [1.54, 1.807) is 7.11 Å². The summed E-state index contributed by atoms with van der Waals surface area (Å²) in [6.07, 6.45) is 0. The van der Waals surface area contributed by atoms with Gasteiger partial charge in [-0.2, -0.15) is 0 Å². The second-order valence-electron chi connectivity index (χ2n) is 3.24. The number of methoxy groups -OCH3 is 1. The van der Waals surface area contributed by atoms with Crippen LogP contribution in [-0.2, 0) is 0 Å². The highest BCUT2D eigenvalue weighted by molar-refractivity contribution is 7.99. The van der Waals surface area contributed by atoms with E-state index in [1.165, 1.54) is 11.8 Å². The average Bonchev–Trinajstić information content (AvgIpc) is 2.67. The Hall–Kier alpha value is -1.69. The molecule has 6 heteroatoms. The van der Waals surface area contributed by atoms with Gasteiger partial charge in [-0.1, -0.05) is 11.8 Å². The fraction of sp³-hybridized carbons (Fsp3) is 0.200. The fourth-order valence-electron chi connectivity index (χ4n) is 1.31. The van der Waals surface area contributed by atoms with Crippen LogP contribution in [-0.4, -0.2) is 28.7 Å². The third-order valence-corrected chi connectivity index (χ3v) is 2.95. The predicted molar refractivity (Wildman–Crippen MR) is 65.3 cm³/mol. The third kappa shape index (κ3) is 2.27. The van der Waals surface area contributed by atoms with E-state index in [2.05, 4.69) is 9.97 Å². The van der Waals surface area contributed by atoms with Crippen LogP contribution in [0.4, 0.5) is 0 Å². The Morgan fingerprint density at radius 2 is 2.44 bits per heavy atom. The molecule has 1 aromatic carbocycles.